The number of hydrogen-bond acceptors (Lipinski definition) is 6. The topological polar surface area (TPSA) is 61.4 Å². The fraction of sp³-hybridized carbons (Fsp3) is 0.727. The van der Waals surface area contributed by atoms with Gasteiger partial charge in [-0.25, -0.2) is 0 Å². The SMILES string of the molecule is CNc1nnc(C(=O)N2CCCC(N(C)C)C2)s1. The van der Waals surface area contributed by atoms with Crippen LogP contribution in [0.5, 0.6) is 0 Å². The largest absolute Gasteiger partial charge is 0.363 e. The fourth-order valence-corrected chi connectivity index (χ4v) is 2.77. The van der Waals surface area contributed by atoms with Gasteiger partial charge in [0, 0.05) is 26.2 Å². The van der Waals surface area contributed by atoms with Crippen molar-refractivity contribution in [2.24, 2.45) is 0 Å². The maximum atomic E-state index is 12.3. The van der Waals surface area contributed by atoms with E-state index in [1.165, 1.54) is 11.3 Å². The summed E-state index contributed by atoms with van der Waals surface area (Å²) >= 11 is 1.31. The summed E-state index contributed by atoms with van der Waals surface area (Å²) in [6.07, 6.45) is 2.20. The van der Waals surface area contributed by atoms with Crippen LogP contribution in [0.3, 0.4) is 0 Å². The van der Waals surface area contributed by atoms with Gasteiger partial charge in [-0.15, -0.1) is 10.2 Å². The minimum atomic E-state index is 0.000509. The Hall–Kier alpha value is -1.21. The van der Waals surface area contributed by atoms with Crippen molar-refractivity contribution in [3.8, 4) is 0 Å². The van der Waals surface area contributed by atoms with E-state index in [-0.39, 0.29) is 5.91 Å². The standard InChI is InChI=1S/C11H19N5OS/c1-12-11-14-13-9(18-11)10(17)16-6-4-5-8(7-16)15(2)3/h8H,4-7H2,1-3H3,(H,12,14). The minimum absolute atomic E-state index is 0.000509. The van der Waals surface area contributed by atoms with Crippen LogP contribution in [0.4, 0.5) is 5.13 Å². The van der Waals surface area contributed by atoms with E-state index in [0.717, 1.165) is 25.9 Å². The van der Waals surface area contributed by atoms with Crippen molar-refractivity contribution >= 4 is 22.4 Å². The third-order valence-corrected chi connectivity index (χ3v) is 4.16. The van der Waals surface area contributed by atoms with Crippen LogP contribution in [0.1, 0.15) is 22.6 Å². The molecule has 1 saturated heterocycles. The molecule has 1 unspecified atom stereocenters. The molecule has 0 bridgehead atoms. The lowest BCUT2D eigenvalue weighted by Crippen LogP contribution is -2.47. The first-order valence-electron chi connectivity index (χ1n) is 6.08. The second kappa shape index (κ2) is 5.62. The molecule has 0 aliphatic carbocycles. The maximum absolute atomic E-state index is 12.3. The number of piperidine rings is 1. The highest BCUT2D eigenvalue weighted by atomic mass is 32.1. The number of nitrogens with zero attached hydrogens (tertiary/aromatic N) is 4. The zero-order valence-corrected chi connectivity index (χ0v) is 11.8. The van der Waals surface area contributed by atoms with Gasteiger partial charge in [-0.2, -0.15) is 0 Å². The number of carbonyl (C=O) groups is 1. The van der Waals surface area contributed by atoms with Crippen LogP contribution in [-0.4, -0.2) is 66.2 Å². The minimum Gasteiger partial charge on any atom is -0.363 e. The molecule has 1 aromatic rings. The number of anilines is 1. The van der Waals surface area contributed by atoms with Gasteiger partial charge >= 0.3 is 0 Å². The summed E-state index contributed by atoms with van der Waals surface area (Å²) in [4.78, 5) is 16.3. The van der Waals surface area contributed by atoms with Gasteiger partial charge in [0.15, 0.2) is 0 Å². The summed E-state index contributed by atoms with van der Waals surface area (Å²) in [7, 11) is 5.89. The smallest absolute Gasteiger partial charge is 0.284 e. The molecule has 1 aliphatic heterocycles. The third kappa shape index (κ3) is 2.78. The number of amides is 1. The summed E-state index contributed by atoms with van der Waals surface area (Å²) < 4.78 is 0. The Morgan fingerprint density at radius 1 is 1.50 bits per heavy atom. The average molecular weight is 269 g/mol. The van der Waals surface area contributed by atoms with E-state index < -0.39 is 0 Å². The Morgan fingerprint density at radius 2 is 2.28 bits per heavy atom. The van der Waals surface area contributed by atoms with Crippen molar-refractivity contribution in [1.29, 1.82) is 0 Å². The lowest BCUT2D eigenvalue weighted by molar-refractivity contribution is 0.0634. The highest BCUT2D eigenvalue weighted by Gasteiger charge is 2.27. The Balaban J connectivity index is 2.04. The Labute approximate surface area is 111 Å². The van der Waals surface area contributed by atoms with E-state index in [4.69, 9.17) is 0 Å². The molecule has 0 aromatic carbocycles. The summed E-state index contributed by atoms with van der Waals surface area (Å²) in [5.41, 5.74) is 0. The molecule has 1 aliphatic rings. The third-order valence-electron chi connectivity index (χ3n) is 3.24. The fourth-order valence-electron chi connectivity index (χ4n) is 2.11. The predicted molar refractivity (Wildman–Crippen MR) is 72.1 cm³/mol. The van der Waals surface area contributed by atoms with E-state index >= 15 is 0 Å². The van der Waals surface area contributed by atoms with E-state index in [9.17, 15) is 4.79 Å². The second-order valence-corrected chi connectivity index (χ2v) is 5.65. The first kappa shape index (κ1) is 13.2. The van der Waals surface area contributed by atoms with Crippen molar-refractivity contribution in [2.45, 2.75) is 18.9 Å². The van der Waals surface area contributed by atoms with Gasteiger partial charge in [0.2, 0.25) is 10.1 Å². The van der Waals surface area contributed by atoms with Crippen molar-refractivity contribution in [2.75, 3.05) is 39.5 Å². The molecule has 0 radical (unpaired) electrons. The molecule has 1 N–H and O–H groups in total. The van der Waals surface area contributed by atoms with Crippen LogP contribution in [0, 0.1) is 0 Å². The Kier molecular flexibility index (Phi) is 4.13. The first-order valence-corrected chi connectivity index (χ1v) is 6.90. The van der Waals surface area contributed by atoms with Crippen molar-refractivity contribution in [3.05, 3.63) is 5.01 Å². The molecular formula is C11H19N5OS. The quantitative estimate of drug-likeness (QED) is 0.877. The molecule has 2 rings (SSSR count). The maximum Gasteiger partial charge on any atom is 0.284 e. The van der Waals surface area contributed by atoms with Gasteiger partial charge < -0.3 is 15.1 Å². The van der Waals surface area contributed by atoms with Crippen molar-refractivity contribution in [3.63, 3.8) is 0 Å². The molecule has 100 valence electrons. The molecule has 7 heteroatoms. The van der Waals surface area contributed by atoms with Crippen LogP contribution < -0.4 is 5.32 Å². The van der Waals surface area contributed by atoms with Gasteiger partial charge in [-0.3, -0.25) is 4.79 Å². The predicted octanol–water partition coefficient (Wildman–Crippen LogP) is 0.746. The molecule has 6 nitrogen and oxygen atoms in total. The normalized spacial score (nSPS) is 20.2. The number of rotatable bonds is 3. The van der Waals surface area contributed by atoms with Crippen molar-refractivity contribution in [1.82, 2.24) is 20.0 Å². The monoisotopic (exact) mass is 269 g/mol. The van der Waals surface area contributed by atoms with Crippen LogP contribution in [0.15, 0.2) is 0 Å². The molecule has 2 heterocycles. The van der Waals surface area contributed by atoms with Gasteiger partial charge in [0.05, 0.1) is 0 Å². The lowest BCUT2D eigenvalue weighted by atomic mass is 10.1. The van der Waals surface area contributed by atoms with Crippen LogP contribution in [0.25, 0.3) is 0 Å². The van der Waals surface area contributed by atoms with E-state index in [1.807, 2.05) is 4.90 Å². The number of likely N-dealkylation sites (N-methyl/N-ethyl adjacent to an activating group) is 1. The summed E-state index contributed by atoms with van der Waals surface area (Å²) in [6.45, 7) is 1.60. The summed E-state index contributed by atoms with van der Waals surface area (Å²) in [5.74, 6) is 0.000509. The molecule has 1 aromatic heterocycles. The average Bonchev–Trinajstić information content (AvgIpc) is 2.86. The van der Waals surface area contributed by atoms with Gasteiger partial charge in [0.25, 0.3) is 5.91 Å². The highest BCUT2D eigenvalue weighted by Crippen LogP contribution is 2.20. The summed E-state index contributed by atoms with van der Waals surface area (Å²) in [5, 5.41) is 11.9. The van der Waals surface area contributed by atoms with Crippen molar-refractivity contribution < 1.29 is 4.79 Å². The molecular weight excluding hydrogens is 250 g/mol. The van der Waals surface area contributed by atoms with E-state index in [1.54, 1.807) is 7.05 Å². The molecule has 0 spiro atoms. The van der Waals surface area contributed by atoms with Crippen LogP contribution in [0.2, 0.25) is 0 Å². The first-order chi connectivity index (χ1) is 8.61. The number of hydrogen-bond donors (Lipinski definition) is 1. The molecule has 1 atom stereocenters. The zero-order chi connectivity index (χ0) is 13.1. The van der Waals surface area contributed by atoms with E-state index in [0.29, 0.717) is 16.2 Å². The van der Waals surface area contributed by atoms with Gasteiger partial charge in [0.1, 0.15) is 0 Å². The van der Waals surface area contributed by atoms with Crippen LogP contribution in [-0.2, 0) is 0 Å². The molecule has 18 heavy (non-hydrogen) atoms. The Morgan fingerprint density at radius 3 is 2.89 bits per heavy atom. The van der Waals surface area contributed by atoms with Gasteiger partial charge in [-0.1, -0.05) is 11.3 Å². The van der Waals surface area contributed by atoms with Crippen LogP contribution >= 0.6 is 11.3 Å². The number of aromatic nitrogens is 2. The number of carbonyl (C=O) groups excluding carboxylic acids is 1. The summed E-state index contributed by atoms with van der Waals surface area (Å²) in [6, 6.07) is 0.444. The highest BCUT2D eigenvalue weighted by molar-refractivity contribution is 7.17. The van der Waals surface area contributed by atoms with Gasteiger partial charge in [-0.05, 0) is 26.9 Å². The number of nitrogens with one attached hydrogen (secondary N) is 1. The molecule has 1 fully saturated rings. The second-order valence-electron chi connectivity index (χ2n) is 4.67. The molecule has 0 saturated carbocycles. The van der Waals surface area contributed by atoms with E-state index in [2.05, 4.69) is 34.5 Å². The Bertz CT molecular complexity index is 419. The lowest BCUT2D eigenvalue weighted by Gasteiger charge is -2.35. The molecule has 1 amide bonds. The zero-order valence-electron chi connectivity index (χ0n) is 11.0. The number of likely N-dealkylation sites (tertiary alicyclic amines) is 1.